The zero-order valence-electron chi connectivity index (χ0n) is 16.9. The van der Waals surface area contributed by atoms with Crippen molar-refractivity contribution in [3.05, 3.63) is 72.9 Å². The summed E-state index contributed by atoms with van der Waals surface area (Å²) < 4.78 is 1.94. The summed E-state index contributed by atoms with van der Waals surface area (Å²) in [6.45, 7) is 4.35. The third-order valence-corrected chi connectivity index (χ3v) is 6.35. The van der Waals surface area contributed by atoms with Gasteiger partial charge in [-0.1, -0.05) is 30.0 Å². The first-order chi connectivity index (χ1) is 14.7. The normalized spacial score (nSPS) is 14.9. The fraction of sp³-hybridized carbons (Fsp3) is 0.217. The maximum Gasteiger partial charge on any atom is 0.245 e. The number of fused-ring (bicyclic) bond motifs is 1. The van der Waals surface area contributed by atoms with E-state index >= 15 is 0 Å². The zero-order chi connectivity index (χ0) is 20.3. The Morgan fingerprint density at radius 2 is 1.63 bits per heavy atom. The molecule has 3 heterocycles. The standard InChI is InChI=1S/C23H24N6S/c1-27-13-15-28(16-14-27)19-9-7-18(8-10-19)25-23-24-17-20-11-12-22(29(20)26-23)30-21-5-3-2-4-6-21/h2-12,17H,13-16H2,1H3,(H,25,26). The molecule has 1 aliphatic rings. The van der Waals surface area contributed by atoms with E-state index in [2.05, 4.69) is 69.6 Å². The summed E-state index contributed by atoms with van der Waals surface area (Å²) in [7, 11) is 2.18. The van der Waals surface area contributed by atoms with Crippen LogP contribution in [0.5, 0.6) is 0 Å². The number of likely N-dealkylation sites (N-methyl/N-ethyl adjacent to an activating group) is 1. The molecule has 2 aromatic heterocycles. The Bertz CT molecular complexity index is 1120. The highest BCUT2D eigenvalue weighted by molar-refractivity contribution is 7.99. The molecule has 0 spiro atoms. The van der Waals surface area contributed by atoms with Crippen molar-refractivity contribution in [1.82, 2.24) is 19.5 Å². The number of anilines is 3. The summed E-state index contributed by atoms with van der Waals surface area (Å²) >= 11 is 1.69. The molecule has 30 heavy (non-hydrogen) atoms. The van der Waals surface area contributed by atoms with E-state index < -0.39 is 0 Å². The SMILES string of the molecule is CN1CCN(c2ccc(Nc3ncc4ccc(Sc5ccccc5)n4n3)cc2)CC1. The van der Waals surface area contributed by atoms with E-state index in [0.717, 1.165) is 42.4 Å². The van der Waals surface area contributed by atoms with Crippen LogP contribution >= 0.6 is 11.8 Å². The van der Waals surface area contributed by atoms with Gasteiger partial charge in [-0.3, -0.25) is 0 Å². The Balaban J connectivity index is 1.32. The van der Waals surface area contributed by atoms with Gasteiger partial charge in [0, 0.05) is 42.4 Å². The summed E-state index contributed by atoms with van der Waals surface area (Å²) in [6, 6.07) is 23.0. The van der Waals surface area contributed by atoms with Gasteiger partial charge in [-0.2, -0.15) is 0 Å². The summed E-state index contributed by atoms with van der Waals surface area (Å²) in [4.78, 5) is 10.5. The van der Waals surface area contributed by atoms with Gasteiger partial charge in [0.25, 0.3) is 0 Å². The Kier molecular flexibility index (Phi) is 5.29. The molecule has 0 unspecified atom stereocenters. The number of rotatable bonds is 5. The zero-order valence-corrected chi connectivity index (χ0v) is 17.7. The molecule has 0 atom stereocenters. The second-order valence-electron chi connectivity index (χ2n) is 7.47. The maximum absolute atomic E-state index is 4.70. The Morgan fingerprint density at radius 1 is 0.867 bits per heavy atom. The molecule has 0 bridgehead atoms. The molecule has 4 aromatic rings. The molecule has 5 rings (SSSR count). The van der Waals surface area contributed by atoms with Gasteiger partial charge < -0.3 is 15.1 Å². The van der Waals surface area contributed by atoms with Crippen LogP contribution in [0, 0.1) is 0 Å². The molecule has 2 aromatic carbocycles. The largest absolute Gasteiger partial charge is 0.369 e. The Morgan fingerprint density at radius 3 is 2.40 bits per heavy atom. The minimum absolute atomic E-state index is 0.584. The van der Waals surface area contributed by atoms with Gasteiger partial charge in [0.05, 0.1) is 11.7 Å². The molecule has 1 N–H and O–H groups in total. The van der Waals surface area contributed by atoms with Crippen LogP contribution in [0.4, 0.5) is 17.3 Å². The lowest BCUT2D eigenvalue weighted by molar-refractivity contribution is 0.313. The number of hydrogen-bond donors (Lipinski definition) is 1. The molecule has 152 valence electrons. The highest BCUT2D eigenvalue weighted by Crippen LogP contribution is 2.29. The molecule has 0 aliphatic carbocycles. The topological polar surface area (TPSA) is 48.7 Å². The molecule has 6 nitrogen and oxygen atoms in total. The van der Waals surface area contributed by atoms with Crippen LogP contribution < -0.4 is 10.2 Å². The number of hydrogen-bond acceptors (Lipinski definition) is 6. The molecular weight excluding hydrogens is 392 g/mol. The monoisotopic (exact) mass is 416 g/mol. The third-order valence-electron chi connectivity index (χ3n) is 5.32. The van der Waals surface area contributed by atoms with E-state index in [0.29, 0.717) is 5.95 Å². The van der Waals surface area contributed by atoms with Crippen molar-refractivity contribution in [3.63, 3.8) is 0 Å². The fourth-order valence-corrected chi connectivity index (χ4v) is 4.47. The van der Waals surface area contributed by atoms with E-state index in [4.69, 9.17) is 5.10 Å². The first-order valence-electron chi connectivity index (χ1n) is 10.1. The number of benzene rings is 2. The van der Waals surface area contributed by atoms with E-state index in [1.54, 1.807) is 11.8 Å². The van der Waals surface area contributed by atoms with Crippen molar-refractivity contribution in [2.75, 3.05) is 43.4 Å². The quantitative estimate of drug-likeness (QED) is 0.521. The van der Waals surface area contributed by atoms with Crippen molar-refractivity contribution >= 4 is 34.6 Å². The van der Waals surface area contributed by atoms with Gasteiger partial charge >= 0.3 is 0 Å². The van der Waals surface area contributed by atoms with Crippen LogP contribution in [0.3, 0.4) is 0 Å². The van der Waals surface area contributed by atoms with Crippen LogP contribution in [0.2, 0.25) is 0 Å². The summed E-state index contributed by atoms with van der Waals surface area (Å²) in [5, 5.41) is 9.10. The van der Waals surface area contributed by atoms with Gasteiger partial charge in [0.15, 0.2) is 0 Å². The van der Waals surface area contributed by atoms with Crippen molar-refractivity contribution in [1.29, 1.82) is 0 Å². The molecule has 1 saturated heterocycles. The molecule has 0 amide bonds. The average Bonchev–Trinajstić information content (AvgIpc) is 3.18. The van der Waals surface area contributed by atoms with Gasteiger partial charge in [0.2, 0.25) is 5.95 Å². The lowest BCUT2D eigenvalue weighted by Crippen LogP contribution is -2.44. The predicted molar refractivity (Wildman–Crippen MR) is 123 cm³/mol. The first kappa shape index (κ1) is 19.0. The second-order valence-corrected chi connectivity index (χ2v) is 8.56. The summed E-state index contributed by atoms with van der Waals surface area (Å²) in [5.74, 6) is 0.584. The van der Waals surface area contributed by atoms with E-state index in [9.17, 15) is 0 Å². The molecule has 1 fully saturated rings. The van der Waals surface area contributed by atoms with Crippen molar-refractivity contribution < 1.29 is 0 Å². The van der Waals surface area contributed by atoms with Crippen LogP contribution in [-0.2, 0) is 0 Å². The number of aromatic nitrogens is 3. The molecule has 0 saturated carbocycles. The molecule has 0 radical (unpaired) electrons. The highest BCUT2D eigenvalue weighted by atomic mass is 32.2. The van der Waals surface area contributed by atoms with Gasteiger partial charge in [-0.25, -0.2) is 9.50 Å². The van der Waals surface area contributed by atoms with Crippen molar-refractivity contribution in [2.45, 2.75) is 9.92 Å². The van der Waals surface area contributed by atoms with Crippen LogP contribution in [0.15, 0.2) is 82.8 Å². The number of nitrogens with one attached hydrogen (secondary N) is 1. The van der Waals surface area contributed by atoms with Gasteiger partial charge in [0.1, 0.15) is 5.03 Å². The molecular formula is C23H24N6S. The number of nitrogens with zero attached hydrogens (tertiary/aromatic N) is 5. The fourth-order valence-electron chi connectivity index (χ4n) is 3.57. The lowest BCUT2D eigenvalue weighted by atomic mass is 10.2. The van der Waals surface area contributed by atoms with Gasteiger partial charge in [-0.15, -0.1) is 5.10 Å². The van der Waals surface area contributed by atoms with Crippen LogP contribution in [-0.4, -0.2) is 52.7 Å². The predicted octanol–water partition coefficient (Wildman–Crippen LogP) is 4.38. The first-order valence-corrected chi connectivity index (χ1v) is 10.9. The average molecular weight is 417 g/mol. The molecule has 1 aliphatic heterocycles. The van der Waals surface area contributed by atoms with E-state index in [-0.39, 0.29) is 0 Å². The smallest absolute Gasteiger partial charge is 0.245 e. The van der Waals surface area contributed by atoms with Crippen molar-refractivity contribution in [3.8, 4) is 0 Å². The van der Waals surface area contributed by atoms with Crippen molar-refractivity contribution in [2.24, 2.45) is 0 Å². The highest BCUT2D eigenvalue weighted by Gasteiger charge is 2.14. The second kappa shape index (κ2) is 8.38. The minimum atomic E-state index is 0.584. The lowest BCUT2D eigenvalue weighted by Gasteiger charge is -2.34. The van der Waals surface area contributed by atoms with Crippen LogP contribution in [0.1, 0.15) is 0 Å². The summed E-state index contributed by atoms with van der Waals surface area (Å²) in [5.41, 5.74) is 3.22. The van der Waals surface area contributed by atoms with E-state index in [1.165, 1.54) is 10.6 Å². The Labute approximate surface area is 180 Å². The van der Waals surface area contributed by atoms with Gasteiger partial charge in [-0.05, 0) is 55.6 Å². The number of piperazine rings is 1. The minimum Gasteiger partial charge on any atom is -0.369 e. The summed E-state index contributed by atoms with van der Waals surface area (Å²) in [6.07, 6.45) is 1.85. The van der Waals surface area contributed by atoms with E-state index in [1.807, 2.05) is 35.0 Å². The third kappa shape index (κ3) is 4.13. The maximum atomic E-state index is 4.70. The Hall–Kier alpha value is -3.03. The molecule has 7 heteroatoms. The van der Waals surface area contributed by atoms with Crippen LogP contribution in [0.25, 0.3) is 5.52 Å².